The minimum Gasteiger partial charge on any atom is -0.371 e. The van der Waals surface area contributed by atoms with E-state index in [2.05, 4.69) is 24.1 Å². The second-order valence-corrected chi connectivity index (χ2v) is 5.79. The Balaban J connectivity index is 2.16. The zero-order valence-corrected chi connectivity index (χ0v) is 12.6. The molecule has 2 rings (SSSR count). The smallest absolute Gasteiger partial charge is 0.371 e. The summed E-state index contributed by atoms with van der Waals surface area (Å²) in [4.78, 5) is 2.08. The molecule has 1 aromatic carbocycles. The second kappa shape index (κ2) is 6.69. The third-order valence-electron chi connectivity index (χ3n) is 4.13. The summed E-state index contributed by atoms with van der Waals surface area (Å²) in [6.45, 7) is 5.85. The Morgan fingerprint density at radius 1 is 1.24 bits per heavy atom. The molecule has 0 bridgehead atoms. The van der Waals surface area contributed by atoms with Crippen LogP contribution in [-0.4, -0.2) is 25.2 Å². The van der Waals surface area contributed by atoms with Gasteiger partial charge in [0.05, 0.1) is 5.56 Å². The van der Waals surface area contributed by atoms with Crippen LogP contribution in [0.2, 0.25) is 0 Å². The lowest BCUT2D eigenvalue weighted by Gasteiger charge is -2.33. The first-order chi connectivity index (χ1) is 9.90. The predicted molar refractivity (Wildman–Crippen MR) is 79.6 cm³/mol. The van der Waals surface area contributed by atoms with Crippen LogP contribution in [-0.2, 0) is 6.18 Å². The zero-order valence-electron chi connectivity index (χ0n) is 12.6. The Kier molecular flexibility index (Phi) is 5.14. The third kappa shape index (κ3) is 4.37. The lowest BCUT2D eigenvalue weighted by Crippen LogP contribution is -2.44. The van der Waals surface area contributed by atoms with Crippen molar-refractivity contribution >= 4 is 5.69 Å². The van der Waals surface area contributed by atoms with E-state index in [9.17, 15) is 13.2 Å². The minimum atomic E-state index is -4.28. The zero-order chi connectivity index (χ0) is 15.5. The van der Waals surface area contributed by atoms with Crippen molar-refractivity contribution in [1.82, 2.24) is 5.32 Å². The summed E-state index contributed by atoms with van der Waals surface area (Å²) in [5.74, 6) is 0. The summed E-state index contributed by atoms with van der Waals surface area (Å²) >= 11 is 0. The summed E-state index contributed by atoms with van der Waals surface area (Å²) in [6.07, 6.45) is -1.34. The van der Waals surface area contributed by atoms with Crippen LogP contribution in [0.3, 0.4) is 0 Å². The Labute approximate surface area is 124 Å². The molecule has 1 saturated heterocycles. The van der Waals surface area contributed by atoms with Crippen molar-refractivity contribution in [1.29, 1.82) is 0 Å². The van der Waals surface area contributed by atoms with Crippen LogP contribution in [0.5, 0.6) is 0 Å². The fourth-order valence-electron chi connectivity index (χ4n) is 2.80. The van der Waals surface area contributed by atoms with Gasteiger partial charge in [-0.1, -0.05) is 13.0 Å². The molecule has 2 atom stereocenters. The van der Waals surface area contributed by atoms with Gasteiger partial charge in [0, 0.05) is 30.9 Å². The Morgan fingerprint density at radius 2 is 1.95 bits per heavy atom. The largest absolute Gasteiger partial charge is 0.416 e. The molecule has 2 unspecified atom stereocenters. The minimum absolute atomic E-state index is 0.392. The maximum Gasteiger partial charge on any atom is 0.416 e. The van der Waals surface area contributed by atoms with Gasteiger partial charge in [0.15, 0.2) is 0 Å². The summed E-state index contributed by atoms with van der Waals surface area (Å²) in [6, 6.07) is 6.50. The standard InChI is InChI=1S/C16H23F3N2/c1-3-14-8-10-21(9-7-12(2)20-14)15-6-4-5-13(11-15)16(17,18)19/h4-6,11-12,14,20H,3,7-10H2,1-2H3. The van der Waals surface area contributed by atoms with Crippen molar-refractivity contribution in [3.63, 3.8) is 0 Å². The molecular weight excluding hydrogens is 277 g/mol. The molecule has 0 spiro atoms. The number of hydrogen-bond acceptors (Lipinski definition) is 2. The molecule has 0 aromatic heterocycles. The number of benzene rings is 1. The average molecular weight is 300 g/mol. The number of halogens is 3. The SMILES string of the molecule is CCC1CCN(c2cccc(C(F)(F)F)c2)CCC(C)N1. The van der Waals surface area contributed by atoms with E-state index in [1.54, 1.807) is 6.07 Å². The molecule has 1 aliphatic heterocycles. The van der Waals surface area contributed by atoms with Gasteiger partial charge in [-0.3, -0.25) is 0 Å². The van der Waals surface area contributed by atoms with E-state index in [-0.39, 0.29) is 0 Å². The van der Waals surface area contributed by atoms with Crippen LogP contribution in [0.25, 0.3) is 0 Å². The van der Waals surface area contributed by atoms with Crippen LogP contribution in [0.1, 0.15) is 38.7 Å². The van der Waals surface area contributed by atoms with Crippen molar-refractivity contribution in [3.8, 4) is 0 Å². The highest BCUT2D eigenvalue weighted by atomic mass is 19.4. The molecule has 118 valence electrons. The van der Waals surface area contributed by atoms with Crippen LogP contribution >= 0.6 is 0 Å². The Hall–Kier alpha value is -1.23. The number of rotatable bonds is 2. The first-order valence-electron chi connectivity index (χ1n) is 7.58. The lowest BCUT2D eigenvalue weighted by atomic mass is 10.0. The molecule has 1 fully saturated rings. The van der Waals surface area contributed by atoms with Crippen LogP contribution in [0.4, 0.5) is 18.9 Å². The van der Waals surface area contributed by atoms with Crippen molar-refractivity contribution in [3.05, 3.63) is 29.8 Å². The molecule has 1 N–H and O–H groups in total. The molecule has 0 radical (unpaired) electrons. The fourth-order valence-corrected chi connectivity index (χ4v) is 2.80. The molecular formula is C16H23F3N2. The number of nitrogens with one attached hydrogen (secondary N) is 1. The molecule has 1 heterocycles. The lowest BCUT2D eigenvalue weighted by molar-refractivity contribution is -0.137. The topological polar surface area (TPSA) is 15.3 Å². The van der Waals surface area contributed by atoms with Gasteiger partial charge in [-0.05, 0) is 44.4 Å². The van der Waals surface area contributed by atoms with Crippen molar-refractivity contribution in [2.45, 2.75) is 51.4 Å². The molecule has 2 nitrogen and oxygen atoms in total. The van der Waals surface area contributed by atoms with Gasteiger partial charge in [0.2, 0.25) is 0 Å². The summed E-state index contributed by atoms with van der Waals surface area (Å²) in [7, 11) is 0. The van der Waals surface area contributed by atoms with Crippen molar-refractivity contribution in [2.75, 3.05) is 18.0 Å². The first kappa shape index (κ1) is 16.1. The predicted octanol–water partition coefficient (Wildman–Crippen LogP) is 4.06. The highest BCUT2D eigenvalue weighted by Crippen LogP contribution is 2.32. The molecule has 5 heteroatoms. The molecule has 21 heavy (non-hydrogen) atoms. The van der Waals surface area contributed by atoms with E-state index >= 15 is 0 Å². The third-order valence-corrected chi connectivity index (χ3v) is 4.13. The van der Waals surface area contributed by atoms with E-state index in [1.165, 1.54) is 12.1 Å². The molecule has 0 amide bonds. The Bertz CT molecular complexity index is 459. The maximum atomic E-state index is 12.8. The van der Waals surface area contributed by atoms with Gasteiger partial charge in [-0.15, -0.1) is 0 Å². The van der Waals surface area contributed by atoms with E-state index in [4.69, 9.17) is 0 Å². The summed E-state index contributed by atoms with van der Waals surface area (Å²) < 4.78 is 38.5. The molecule has 1 aromatic rings. The molecule has 0 saturated carbocycles. The highest BCUT2D eigenvalue weighted by Gasteiger charge is 2.31. The van der Waals surface area contributed by atoms with Crippen LogP contribution < -0.4 is 10.2 Å². The summed E-state index contributed by atoms with van der Waals surface area (Å²) in [5.41, 5.74) is 0.106. The van der Waals surface area contributed by atoms with Crippen molar-refractivity contribution < 1.29 is 13.2 Å². The molecule has 0 aliphatic carbocycles. The monoisotopic (exact) mass is 300 g/mol. The van der Waals surface area contributed by atoms with Crippen molar-refractivity contribution in [2.24, 2.45) is 0 Å². The van der Waals surface area contributed by atoms with E-state index in [0.29, 0.717) is 17.8 Å². The average Bonchev–Trinajstić information content (AvgIpc) is 2.42. The van der Waals surface area contributed by atoms with Crippen LogP contribution in [0, 0.1) is 0 Å². The normalized spacial score (nSPS) is 24.5. The van der Waals surface area contributed by atoms with Gasteiger partial charge in [0.25, 0.3) is 0 Å². The highest BCUT2D eigenvalue weighted by molar-refractivity contribution is 5.49. The quantitative estimate of drug-likeness (QED) is 0.886. The number of alkyl halides is 3. The number of nitrogens with zero attached hydrogens (tertiary/aromatic N) is 1. The summed E-state index contributed by atoms with van der Waals surface area (Å²) in [5, 5.41) is 3.57. The van der Waals surface area contributed by atoms with E-state index in [1.807, 2.05) is 0 Å². The first-order valence-corrected chi connectivity index (χ1v) is 7.58. The maximum absolute atomic E-state index is 12.8. The van der Waals surface area contributed by atoms with Gasteiger partial charge >= 0.3 is 6.18 Å². The van der Waals surface area contributed by atoms with E-state index in [0.717, 1.165) is 38.4 Å². The number of anilines is 1. The fraction of sp³-hybridized carbons (Fsp3) is 0.625. The number of hydrogen-bond donors (Lipinski definition) is 1. The van der Waals surface area contributed by atoms with Gasteiger partial charge in [-0.25, -0.2) is 0 Å². The second-order valence-electron chi connectivity index (χ2n) is 5.79. The Morgan fingerprint density at radius 3 is 2.62 bits per heavy atom. The van der Waals surface area contributed by atoms with Gasteiger partial charge < -0.3 is 10.2 Å². The van der Waals surface area contributed by atoms with Gasteiger partial charge in [-0.2, -0.15) is 13.2 Å². The van der Waals surface area contributed by atoms with Crippen LogP contribution in [0.15, 0.2) is 24.3 Å². The van der Waals surface area contributed by atoms with E-state index < -0.39 is 11.7 Å². The van der Waals surface area contributed by atoms with Gasteiger partial charge in [0.1, 0.15) is 0 Å². The molecule has 1 aliphatic rings.